The fourth-order valence-corrected chi connectivity index (χ4v) is 5.11. The number of allylic oxidation sites excluding steroid dienone is 2. The Morgan fingerprint density at radius 2 is 1.65 bits per heavy atom. The number of aryl methyl sites for hydroxylation is 1. The number of amides is 2. The largest absolute Gasteiger partial charge is 0.367 e. The quantitative estimate of drug-likeness (QED) is 0.689. The number of para-hydroxylation sites is 1. The fourth-order valence-electron chi connectivity index (χ4n) is 5.11. The van der Waals surface area contributed by atoms with Crippen LogP contribution in [0.2, 0.25) is 0 Å². The van der Waals surface area contributed by atoms with E-state index in [1.807, 2.05) is 31.2 Å². The van der Waals surface area contributed by atoms with Crippen molar-refractivity contribution < 1.29 is 9.59 Å². The molecule has 0 aromatic heterocycles. The van der Waals surface area contributed by atoms with Gasteiger partial charge in [-0.2, -0.15) is 0 Å². The smallest absolute Gasteiger partial charge is 0.235 e. The summed E-state index contributed by atoms with van der Waals surface area (Å²) in [6.45, 7) is 2.30. The highest BCUT2D eigenvalue weighted by atomic mass is 16.2. The van der Waals surface area contributed by atoms with Crippen molar-refractivity contribution in [3.63, 3.8) is 0 Å². The lowest BCUT2D eigenvalue weighted by Crippen LogP contribution is -2.40. The SMILES string of the molecule is Cc1ccccc1NCN1C(=O)C2C3C=CC(C4CC34)C2C1=O. The second-order valence-electron chi connectivity index (χ2n) is 7.41. The van der Waals surface area contributed by atoms with Crippen LogP contribution in [0.3, 0.4) is 0 Å². The molecule has 6 rings (SSSR count). The van der Waals surface area contributed by atoms with E-state index in [1.165, 1.54) is 11.3 Å². The number of carbonyl (C=O) groups is 2. The van der Waals surface area contributed by atoms with E-state index >= 15 is 0 Å². The molecular formula is C19H20N2O2. The first kappa shape index (κ1) is 13.3. The number of imide groups is 1. The van der Waals surface area contributed by atoms with Crippen molar-refractivity contribution >= 4 is 17.5 Å². The van der Waals surface area contributed by atoms with E-state index in [9.17, 15) is 9.59 Å². The van der Waals surface area contributed by atoms with Gasteiger partial charge in [-0.1, -0.05) is 30.4 Å². The molecular weight excluding hydrogens is 288 g/mol. The summed E-state index contributed by atoms with van der Waals surface area (Å²) in [7, 11) is 0. The van der Waals surface area contributed by atoms with Crippen LogP contribution in [-0.4, -0.2) is 23.4 Å². The molecule has 6 unspecified atom stereocenters. The molecule has 4 nitrogen and oxygen atoms in total. The van der Waals surface area contributed by atoms with Crippen LogP contribution in [-0.2, 0) is 9.59 Å². The molecule has 1 aromatic rings. The Kier molecular flexibility index (Phi) is 2.59. The predicted molar refractivity (Wildman–Crippen MR) is 86.2 cm³/mol. The number of nitrogens with zero attached hydrogens (tertiary/aromatic N) is 1. The first-order valence-electron chi connectivity index (χ1n) is 8.50. The van der Waals surface area contributed by atoms with Gasteiger partial charge in [-0.3, -0.25) is 14.5 Å². The van der Waals surface area contributed by atoms with Gasteiger partial charge in [0, 0.05) is 5.69 Å². The Morgan fingerprint density at radius 3 is 2.26 bits per heavy atom. The van der Waals surface area contributed by atoms with Crippen molar-refractivity contribution in [2.24, 2.45) is 35.5 Å². The third kappa shape index (κ3) is 1.72. The van der Waals surface area contributed by atoms with Crippen LogP contribution >= 0.6 is 0 Å². The monoisotopic (exact) mass is 308 g/mol. The van der Waals surface area contributed by atoms with Crippen molar-refractivity contribution in [2.45, 2.75) is 13.3 Å². The van der Waals surface area contributed by atoms with Gasteiger partial charge in [-0.25, -0.2) is 0 Å². The lowest BCUT2D eigenvalue weighted by molar-refractivity contribution is -0.139. The van der Waals surface area contributed by atoms with Crippen LogP contribution in [0.4, 0.5) is 5.69 Å². The Bertz CT molecular complexity index is 705. The molecule has 2 bridgehead atoms. The number of carbonyl (C=O) groups excluding carboxylic acids is 2. The summed E-state index contributed by atoms with van der Waals surface area (Å²) in [5.74, 6) is 1.79. The molecule has 6 atom stereocenters. The number of anilines is 1. The Balaban J connectivity index is 1.38. The van der Waals surface area contributed by atoms with Gasteiger partial charge in [0.05, 0.1) is 18.5 Å². The van der Waals surface area contributed by atoms with Crippen molar-refractivity contribution in [2.75, 3.05) is 12.0 Å². The molecule has 1 aromatic carbocycles. The number of benzene rings is 1. The van der Waals surface area contributed by atoms with E-state index in [0.717, 1.165) is 11.3 Å². The average Bonchev–Trinajstić information content (AvgIpc) is 3.33. The maximum Gasteiger partial charge on any atom is 0.235 e. The van der Waals surface area contributed by atoms with Crippen LogP contribution in [0.25, 0.3) is 0 Å². The molecule has 23 heavy (non-hydrogen) atoms. The minimum Gasteiger partial charge on any atom is -0.367 e. The maximum atomic E-state index is 12.8. The van der Waals surface area contributed by atoms with Gasteiger partial charge >= 0.3 is 0 Å². The van der Waals surface area contributed by atoms with Gasteiger partial charge in [0.25, 0.3) is 0 Å². The molecule has 2 saturated carbocycles. The second-order valence-corrected chi connectivity index (χ2v) is 7.41. The van der Waals surface area contributed by atoms with Crippen molar-refractivity contribution in [3.8, 4) is 0 Å². The third-order valence-electron chi connectivity index (χ3n) is 6.33. The molecule has 2 amide bonds. The number of hydrogen-bond acceptors (Lipinski definition) is 3. The summed E-state index contributed by atoms with van der Waals surface area (Å²) in [4.78, 5) is 27.1. The topological polar surface area (TPSA) is 49.4 Å². The van der Waals surface area contributed by atoms with Gasteiger partial charge in [0.15, 0.2) is 0 Å². The van der Waals surface area contributed by atoms with Crippen molar-refractivity contribution in [1.82, 2.24) is 4.90 Å². The molecule has 5 aliphatic rings. The minimum absolute atomic E-state index is 0.0331. The van der Waals surface area contributed by atoms with Gasteiger partial charge in [-0.05, 0) is 48.6 Å². The summed E-state index contributed by atoms with van der Waals surface area (Å²) in [5.41, 5.74) is 2.10. The molecule has 1 aliphatic heterocycles. The van der Waals surface area contributed by atoms with Crippen LogP contribution in [0.15, 0.2) is 36.4 Å². The van der Waals surface area contributed by atoms with Crippen LogP contribution in [0.5, 0.6) is 0 Å². The van der Waals surface area contributed by atoms with Crippen molar-refractivity contribution in [1.29, 1.82) is 0 Å². The number of nitrogens with one attached hydrogen (secondary N) is 1. The summed E-state index contributed by atoms with van der Waals surface area (Å²) >= 11 is 0. The Labute approximate surface area is 135 Å². The summed E-state index contributed by atoms with van der Waals surface area (Å²) in [6.07, 6.45) is 5.63. The maximum absolute atomic E-state index is 12.8. The lowest BCUT2D eigenvalue weighted by Gasteiger charge is -2.37. The Hall–Kier alpha value is -2.10. The van der Waals surface area contributed by atoms with E-state index in [4.69, 9.17) is 0 Å². The zero-order chi connectivity index (χ0) is 15.7. The Morgan fingerprint density at radius 1 is 1.04 bits per heavy atom. The minimum atomic E-state index is -0.0973. The zero-order valence-corrected chi connectivity index (χ0v) is 13.1. The molecule has 0 spiro atoms. The highest BCUT2D eigenvalue weighted by Crippen LogP contribution is 2.65. The first-order valence-corrected chi connectivity index (χ1v) is 8.50. The van der Waals surface area contributed by atoms with Crippen LogP contribution in [0.1, 0.15) is 12.0 Å². The fraction of sp³-hybridized carbons (Fsp3) is 0.474. The van der Waals surface area contributed by atoms with Gasteiger partial charge in [-0.15, -0.1) is 0 Å². The van der Waals surface area contributed by atoms with E-state index in [2.05, 4.69) is 17.5 Å². The highest BCUT2D eigenvalue weighted by molar-refractivity contribution is 6.06. The molecule has 1 saturated heterocycles. The normalized spacial score (nSPS) is 39.4. The number of hydrogen-bond donors (Lipinski definition) is 1. The molecule has 1 heterocycles. The van der Waals surface area contributed by atoms with Gasteiger partial charge in [0.1, 0.15) is 0 Å². The molecule has 0 radical (unpaired) electrons. The summed E-state index contributed by atoms with van der Waals surface area (Å²) in [6, 6.07) is 7.94. The standard InChI is InChI=1S/C19H20N2O2/c1-10-4-2-3-5-15(10)20-9-21-18(22)16-11-6-7-12(14-8-13(11)14)17(16)19(21)23/h2-7,11-14,16-17,20H,8-9H2,1H3. The average molecular weight is 308 g/mol. The van der Waals surface area contributed by atoms with Crippen LogP contribution < -0.4 is 5.32 Å². The lowest BCUT2D eigenvalue weighted by atomic mass is 9.63. The predicted octanol–water partition coefficient (Wildman–Crippen LogP) is 2.42. The molecule has 1 N–H and O–H groups in total. The highest BCUT2D eigenvalue weighted by Gasteiger charge is 2.66. The van der Waals surface area contributed by atoms with E-state index < -0.39 is 0 Å². The third-order valence-corrected chi connectivity index (χ3v) is 6.33. The summed E-state index contributed by atoms with van der Waals surface area (Å²) < 4.78 is 0. The van der Waals surface area contributed by atoms with Gasteiger partial charge < -0.3 is 5.32 Å². The number of likely N-dealkylation sites (tertiary alicyclic amines) is 1. The van der Waals surface area contributed by atoms with Crippen molar-refractivity contribution in [3.05, 3.63) is 42.0 Å². The van der Waals surface area contributed by atoms with E-state index in [1.54, 1.807) is 0 Å². The first-order chi connectivity index (χ1) is 11.2. The molecule has 3 fully saturated rings. The summed E-state index contributed by atoms with van der Waals surface area (Å²) in [5, 5.41) is 3.26. The van der Waals surface area contributed by atoms with E-state index in [0.29, 0.717) is 23.7 Å². The number of rotatable bonds is 3. The second kappa shape index (κ2) is 4.47. The molecule has 4 aliphatic carbocycles. The van der Waals surface area contributed by atoms with E-state index in [-0.39, 0.29) is 30.3 Å². The molecule has 4 heteroatoms. The molecule has 118 valence electrons. The zero-order valence-electron chi connectivity index (χ0n) is 13.1. The van der Waals surface area contributed by atoms with Gasteiger partial charge in [0.2, 0.25) is 11.8 Å². The van der Waals surface area contributed by atoms with Crippen LogP contribution in [0, 0.1) is 42.4 Å².